The molecule has 2 heterocycles. The number of fused-ring (bicyclic) bond motifs is 4. The third-order valence-corrected chi connectivity index (χ3v) is 9.20. The molecule has 0 spiro atoms. The molecular formula is C27H37N3O3. The molecular weight excluding hydrogens is 414 g/mol. The van der Waals surface area contributed by atoms with Gasteiger partial charge in [0, 0.05) is 43.9 Å². The average Bonchev–Trinajstić information content (AvgIpc) is 3.00. The Kier molecular flexibility index (Phi) is 5.49. The number of nitrogens with one attached hydrogen (secondary N) is 2. The van der Waals surface area contributed by atoms with E-state index in [1.54, 1.807) is 0 Å². The fourth-order valence-electron chi connectivity index (χ4n) is 7.86. The largest absolute Gasteiger partial charge is 0.369 e. The SMILES string of the molecule is Cc1ccc(C(=O)N2CC3CNCC(C2)O3)cc1NC(=O)CC12CCCC3CC(CC3C1)C2. The summed E-state index contributed by atoms with van der Waals surface area (Å²) in [5, 5.41) is 6.57. The molecule has 2 amide bonds. The quantitative estimate of drug-likeness (QED) is 0.732. The molecule has 2 aliphatic heterocycles. The fourth-order valence-corrected chi connectivity index (χ4v) is 7.86. The standard InChI is InChI=1S/C27H37N3O3/c1-17-4-5-20(26(32)30-15-22-13-28-14-23(16-30)33-22)9-24(17)29-25(31)12-27-6-2-3-19-7-18(10-27)8-21(19)11-27/h4-5,9,18-19,21-23,28H,2-3,6-8,10-16H2,1H3,(H,29,31). The average molecular weight is 452 g/mol. The van der Waals surface area contributed by atoms with Crippen molar-refractivity contribution in [1.82, 2.24) is 10.2 Å². The van der Waals surface area contributed by atoms with Gasteiger partial charge in [0.1, 0.15) is 0 Å². The number of hydrogen-bond donors (Lipinski definition) is 2. The molecule has 6 atom stereocenters. The van der Waals surface area contributed by atoms with Crippen LogP contribution in [0.25, 0.3) is 0 Å². The number of hydrogen-bond acceptors (Lipinski definition) is 4. The Balaban J connectivity index is 1.15. The minimum Gasteiger partial charge on any atom is -0.369 e. The molecule has 5 fully saturated rings. The monoisotopic (exact) mass is 451 g/mol. The van der Waals surface area contributed by atoms with Gasteiger partial charge in [-0.1, -0.05) is 18.9 Å². The highest BCUT2D eigenvalue weighted by Gasteiger charge is 2.50. The Hall–Kier alpha value is -1.92. The number of aryl methyl sites for hydroxylation is 1. The van der Waals surface area contributed by atoms with E-state index in [2.05, 4.69) is 10.6 Å². The fraction of sp³-hybridized carbons (Fsp3) is 0.704. The number of carbonyl (C=O) groups is 2. The molecule has 3 saturated carbocycles. The predicted molar refractivity (Wildman–Crippen MR) is 127 cm³/mol. The smallest absolute Gasteiger partial charge is 0.254 e. The van der Waals surface area contributed by atoms with E-state index < -0.39 is 0 Å². The molecule has 6 unspecified atom stereocenters. The normalized spacial score (nSPS) is 37.0. The molecule has 1 aromatic rings. The van der Waals surface area contributed by atoms with Crippen LogP contribution < -0.4 is 10.6 Å². The number of carbonyl (C=O) groups excluding carboxylic acids is 2. The molecule has 3 aliphatic carbocycles. The summed E-state index contributed by atoms with van der Waals surface area (Å²) in [6, 6.07) is 5.73. The number of morpholine rings is 2. The Morgan fingerprint density at radius 3 is 2.76 bits per heavy atom. The molecule has 5 bridgehead atoms. The third-order valence-electron chi connectivity index (χ3n) is 9.20. The van der Waals surface area contributed by atoms with E-state index >= 15 is 0 Å². The van der Waals surface area contributed by atoms with Gasteiger partial charge in [-0.3, -0.25) is 9.59 Å². The summed E-state index contributed by atoms with van der Waals surface area (Å²) in [6.45, 7) is 4.82. The van der Waals surface area contributed by atoms with Crippen molar-refractivity contribution < 1.29 is 14.3 Å². The van der Waals surface area contributed by atoms with Gasteiger partial charge in [-0.05, 0) is 79.9 Å². The van der Waals surface area contributed by atoms with E-state index in [1.807, 2.05) is 30.0 Å². The first kappa shape index (κ1) is 21.6. The van der Waals surface area contributed by atoms with Gasteiger partial charge in [0.05, 0.1) is 12.2 Å². The van der Waals surface area contributed by atoms with Gasteiger partial charge in [-0.25, -0.2) is 0 Å². The molecule has 0 radical (unpaired) electrons. The minimum absolute atomic E-state index is 0.0305. The molecule has 5 aliphatic rings. The van der Waals surface area contributed by atoms with Crippen LogP contribution in [0.4, 0.5) is 5.69 Å². The van der Waals surface area contributed by atoms with E-state index in [4.69, 9.17) is 4.74 Å². The lowest BCUT2D eigenvalue weighted by atomic mass is 9.65. The van der Waals surface area contributed by atoms with Gasteiger partial charge in [-0.15, -0.1) is 0 Å². The van der Waals surface area contributed by atoms with E-state index in [-0.39, 0.29) is 29.4 Å². The van der Waals surface area contributed by atoms with Crippen LogP contribution in [0.5, 0.6) is 0 Å². The van der Waals surface area contributed by atoms with Gasteiger partial charge in [0.25, 0.3) is 5.91 Å². The lowest BCUT2D eigenvalue weighted by molar-refractivity contribution is -0.119. The second-order valence-electron chi connectivity index (χ2n) is 11.7. The van der Waals surface area contributed by atoms with Crippen molar-refractivity contribution in [3.05, 3.63) is 29.3 Å². The second kappa shape index (κ2) is 8.38. The van der Waals surface area contributed by atoms with Gasteiger partial charge in [0.2, 0.25) is 5.91 Å². The summed E-state index contributed by atoms with van der Waals surface area (Å²) in [4.78, 5) is 28.4. The molecule has 0 aromatic heterocycles. The lowest BCUT2D eigenvalue weighted by Gasteiger charge is -2.41. The first-order chi connectivity index (χ1) is 16.0. The van der Waals surface area contributed by atoms with Crippen molar-refractivity contribution in [3.63, 3.8) is 0 Å². The molecule has 2 N–H and O–H groups in total. The van der Waals surface area contributed by atoms with Crippen LogP contribution in [0, 0.1) is 30.1 Å². The van der Waals surface area contributed by atoms with Crippen LogP contribution in [0.3, 0.4) is 0 Å². The summed E-state index contributed by atoms with van der Waals surface area (Å²) < 4.78 is 5.94. The minimum atomic E-state index is 0.0305. The molecule has 1 aromatic carbocycles. The number of ether oxygens (including phenoxy) is 1. The topological polar surface area (TPSA) is 70.7 Å². The number of anilines is 1. The van der Waals surface area contributed by atoms with E-state index in [0.717, 1.165) is 42.1 Å². The number of amides is 2. The van der Waals surface area contributed by atoms with Gasteiger partial charge in [0.15, 0.2) is 0 Å². The zero-order chi connectivity index (χ0) is 22.6. The number of nitrogens with zero attached hydrogens (tertiary/aromatic N) is 1. The van der Waals surface area contributed by atoms with Gasteiger partial charge >= 0.3 is 0 Å². The maximum Gasteiger partial charge on any atom is 0.254 e. The Morgan fingerprint density at radius 2 is 1.94 bits per heavy atom. The predicted octanol–water partition coefficient (Wildman–Crippen LogP) is 3.74. The van der Waals surface area contributed by atoms with Crippen molar-refractivity contribution in [2.24, 2.45) is 23.2 Å². The highest BCUT2D eigenvalue weighted by molar-refractivity contribution is 5.98. The number of benzene rings is 1. The number of rotatable bonds is 4. The maximum absolute atomic E-state index is 13.3. The molecule has 33 heavy (non-hydrogen) atoms. The van der Waals surface area contributed by atoms with Crippen LogP contribution in [0.2, 0.25) is 0 Å². The molecule has 2 saturated heterocycles. The first-order valence-corrected chi connectivity index (χ1v) is 13.0. The molecule has 6 nitrogen and oxygen atoms in total. The summed E-state index contributed by atoms with van der Waals surface area (Å²) in [5.74, 6) is 2.76. The van der Waals surface area contributed by atoms with Crippen LogP contribution in [-0.2, 0) is 9.53 Å². The van der Waals surface area contributed by atoms with Crippen LogP contribution in [0.1, 0.15) is 67.3 Å². The van der Waals surface area contributed by atoms with Crippen molar-refractivity contribution in [3.8, 4) is 0 Å². The lowest BCUT2D eigenvalue weighted by Crippen LogP contribution is -2.59. The van der Waals surface area contributed by atoms with Crippen LogP contribution >= 0.6 is 0 Å². The van der Waals surface area contributed by atoms with Crippen molar-refractivity contribution >= 4 is 17.5 Å². The van der Waals surface area contributed by atoms with Crippen molar-refractivity contribution in [2.45, 2.75) is 70.5 Å². The van der Waals surface area contributed by atoms with Crippen LogP contribution in [0.15, 0.2) is 18.2 Å². The summed E-state index contributed by atoms with van der Waals surface area (Å²) >= 11 is 0. The second-order valence-corrected chi connectivity index (χ2v) is 11.7. The van der Waals surface area contributed by atoms with Gasteiger partial charge < -0.3 is 20.3 Å². The Labute approximate surface area is 196 Å². The molecule has 6 heteroatoms. The zero-order valence-electron chi connectivity index (χ0n) is 19.8. The maximum atomic E-state index is 13.3. The van der Waals surface area contributed by atoms with E-state index in [9.17, 15) is 9.59 Å². The summed E-state index contributed by atoms with van der Waals surface area (Å²) in [5.41, 5.74) is 2.63. The third kappa shape index (κ3) is 4.21. The Bertz CT molecular complexity index is 937. The van der Waals surface area contributed by atoms with Crippen molar-refractivity contribution in [1.29, 1.82) is 0 Å². The van der Waals surface area contributed by atoms with E-state index in [1.165, 1.54) is 44.9 Å². The van der Waals surface area contributed by atoms with Crippen molar-refractivity contribution in [2.75, 3.05) is 31.5 Å². The van der Waals surface area contributed by atoms with Gasteiger partial charge in [-0.2, -0.15) is 0 Å². The van der Waals surface area contributed by atoms with E-state index in [0.29, 0.717) is 25.1 Å². The highest BCUT2D eigenvalue weighted by atomic mass is 16.5. The summed E-state index contributed by atoms with van der Waals surface area (Å²) in [7, 11) is 0. The Morgan fingerprint density at radius 1 is 1.15 bits per heavy atom. The zero-order valence-corrected chi connectivity index (χ0v) is 19.8. The summed E-state index contributed by atoms with van der Waals surface area (Å²) in [6.07, 6.45) is 9.89. The molecule has 6 rings (SSSR count). The van der Waals surface area contributed by atoms with Crippen LogP contribution in [-0.4, -0.2) is 55.1 Å². The highest BCUT2D eigenvalue weighted by Crippen LogP contribution is 2.60. The first-order valence-electron chi connectivity index (χ1n) is 13.0. The molecule has 178 valence electrons.